The molecule has 0 radical (unpaired) electrons. The van der Waals surface area contributed by atoms with Crippen LogP contribution in [0.5, 0.6) is 5.75 Å². The number of thiophene rings is 1. The summed E-state index contributed by atoms with van der Waals surface area (Å²) in [5.41, 5.74) is 5.51. The first-order chi connectivity index (χ1) is 16.4. The normalized spacial score (nSPS) is 13.1. The second-order valence-corrected chi connectivity index (χ2v) is 9.91. The number of anilines is 2. The summed E-state index contributed by atoms with van der Waals surface area (Å²) in [6, 6.07) is 7.95. The molecule has 7 nitrogen and oxygen atoms in total. The van der Waals surface area contributed by atoms with Crippen LogP contribution in [0.1, 0.15) is 57.0 Å². The van der Waals surface area contributed by atoms with Gasteiger partial charge in [-0.1, -0.05) is 18.6 Å². The number of fused-ring (bicyclic) bond motifs is 1. The Labute approximate surface area is 209 Å². The van der Waals surface area contributed by atoms with Gasteiger partial charge in [-0.25, -0.2) is 4.79 Å². The van der Waals surface area contributed by atoms with Gasteiger partial charge in [0.15, 0.2) is 5.11 Å². The molecule has 1 aliphatic rings. The lowest BCUT2D eigenvalue weighted by atomic mass is 10.1. The van der Waals surface area contributed by atoms with E-state index in [0.717, 1.165) is 64.6 Å². The smallest absolute Gasteiger partial charge is 0.341 e. The number of hydrogen-bond donors (Lipinski definition) is 2. The Kier molecular flexibility index (Phi) is 7.53. The predicted molar refractivity (Wildman–Crippen MR) is 141 cm³/mol. The van der Waals surface area contributed by atoms with E-state index < -0.39 is 0 Å². The molecular formula is C25H30N4O3S2. The molecule has 2 heterocycles. The summed E-state index contributed by atoms with van der Waals surface area (Å²) in [6.07, 6.45) is 5.29. The highest BCUT2D eigenvalue weighted by atomic mass is 32.1. The maximum Gasteiger partial charge on any atom is 0.341 e. The molecule has 34 heavy (non-hydrogen) atoms. The van der Waals surface area contributed by atoms with Crippen molar-refractivity contribution < 1.29 is 14.3 Å². The van der Waals surface area contributed by atoms with Crippen molar-refractivity contribution in [2.75, 3.05) is 24.9 Å². The number of benzene rings is 1. The maximum atomic E-state index is 12.6. The standard InChI is InChI=1S/C25H30N4O3S2/c1-15-22(16(2)29(28-15)14-17-9-8-10-18(13-17)31-3)26-25(33)27-23-21(24(30)32-4)19-11-6-5-7-12-20(19)34-23/h8-10,13H,5-7,11-12,14H2,1-4H3,(H2,26,27,33). The first-order valence-electron chi connectivity index (χ1n) is 11.4. The fraction of sp³-hybridized carbons (Fsp3) is 0.400. The minimum absolute atomic E-state index is 0.317. The van der Waals surface area contributed by atoms with Crippen LogP contribution in [0.3, 0.4) is 0 Å². The number of hydrogen-bond acceptors (Lipinski definition) is 6. The molecule has 0 saturated carbocycles. The topological polar surface area (TPSA) is 77.4 Å². The Bertz CT molecular complexity index is 1220. The number of ether oxygens (including phenoxy) is 2. The van der Waals surface area contributed by atoms with Gasteiger partial charge < -0.3 is 20.1 Å². The highest BCUT2D eigenvalue weighted by molar-refractivity contribution is 7.80. The fourth-order valence-corrected chi connectivity index (χ4v) is 5.92. The van der Waals surface area contributed by atoms with Crippen molar-refractivity contribution in [3.8, 4) is 5.75 Å². The summed E-state index contributed by atoms with van der Waals surface area (Å²) < 4.78 is 12.4. The second-order valence-electron chi connectivity index (χ2n) is 8.39. The summed E-state index contributed by atoms with van der Waals surface area (Å²) in [4.78, 5) is 13.9. The van der Waals surface area contributed by atoms with Gasteiger partial charge >= 0.3 is 5.97 Å². The van der Waals surface area contributed by atoms with Crippen LogP contribution in [0.25, 0.3) is 0 Å². The molecular weight excluding hydrogens is 468 g/mol. The average Bonchev–Trinajstić information content (AvgIpc) is 3.17. The molecule has 2 N–H and O–H groups in total. The quantitative estimate of drug-likeness (QED) is 0.265. The molecule has 9 heteroatoms. The van der Waals surface area contributed by atoms with E-state index in [9.17, 15) is 4.79 Å². The van der Waals surface area contributed by atoms with Crippen molar-refractivity contribution in [3.63, 3.8) is 0 Å². The molecule has 1 aliphatic carbocycles. The number of nitrogens with zero attached hydrogens (tertiary/aromatic N) is 2. The molecule has 0 atom stereocenters. The van der Waals surface area contributed by atoms with Crippen LogP contribution in [0, 0.1) is 13.8 Å². The van der Waals surface area contributed by atoms with Gasteiger partial charge in [-0.15, -0.1) is 11.3 Å². The van der Waals surface area contributed by atoms with E-state index in [2.05, 4.69) is 10.6 Å². The maximum absolute atomic E-state index is 12.6. The number of carbonyl (C=O) groups is 1. The molecule has 0 saturated heterocycles. The van der Waals surface area contributed by atoms with E-state index in [1.54, 1.807) is 18.4 Å². The Hall–Kier alpha value is -2.91. The summed E-state index contributed by atoms with van der Waals surface area (Å²) in [7, 11) is 3.09. The highest BCUT2D eigenvalue weighted by Gasteiger charge is 2.26. The van der Waals surface area contributed by atoms with Crippen LogP contribution in [0.4, 0.5) is 10.7 Å². The molecule has 0 unspecified atom stereocenters. The molecule has 0 fully saturated rings. The monoisotopic (exact) mass is 498 g/mol. The predicted octanol–water partition coefficient (Wildman–Crippen LogP) is 5.48. The Morgan fingerprint density at radius 1 is 1.18 bits per heavy atom. The van der Waals surface area contributed by atoms with Gasteiger partial charge in [-0.3, -0.25) is 4.68 Å². The summed E-state index contributed by atoms with van der Waals surface area (Å²) in [5.74, 6) is 0.502. The molecule has 180 valence electrons. The Balaban J connectivity index is 1.53. The average molecular weight is 499 g/mol. The van der Waals surface area contributed by atoms with Gasteiger partial charge in [0, 0.05) is 4.88 Å². The zero-order valence-electron chi connectivity index (χ0n) is 20.0. The number of methoxy groups -OCH3 is 2. The highest BCUT2D eigenvalue weighted by Crippen LogP contribution is 2.38. The van der Waals surface area contributed by atoms with E-state index in [0.29, 0.717) is 17.2 Å². The third-order valence-electron chi connectivity index (χ3n) is 6.12. The largest absolute Gasteiger partial charge is 0.497 e. The third-order valence-corrected chi connectivity index (χ3v) is 7.54. The summed E-state index contributed by atoms with van der Waals surface area (Å²) in [6.45, 7) is 4.58. The number of carbonyl (C=O) groups excluding carboxylic acids is 1. The van der Waals surface area contributed by atoms with E-state index in [1.165, 1.54) is 18.4 Å². The zero-order chi connectivity index (χ0) is 24.2. The Morgan fingerprint density at radius 3 is 2.74 bits per heavy atom. The van der Waals surface area contributed by atoms with Crippen molar-refractivity contribution in [2.45, 2.75) is 52.5 Å². The molecule has 0 spiro atoms. The third kappa shape index (κ3) is 5.10. The second kappa shape index (κ2) is 10.6. The van der Waals surface area contributed by atoms with Crippen molar-refractivity contribution in [1.29, 1.82) is 0 Å². The van der Waals surface area contributed by atoms with Crippen LogP contribution in [0.2, 0.25) is 0 Å². The minimum atomic E-state index is -0.317. The first-order valence-corrected chi connectivity index (χ1v) is 12.6. The molecule has 4 rings (SSSR count). The van der Waals surface area contributed by atoms with Gasteiger partial charge in [-0.05, 0) is 75.0 Å². The lowest BCUT2D eigenvalue weighted by Crippen LogP contribution is -2.21. The first kappa shape index (κ1) is 24.2. The number of nitrogens with one attached hydrogen (secondary N) is 2. The van der Waals surface area contributed by atoms with Crippen LogP contribution in [0.15, 0.2) is 24.3 Å². The van der Waals surface area contributed by atoms with E-state index >= 15 is 0 Å². The van der Waals surface area contributed by atoms with Crippen molar-refractivity contribution in [2.24, 2.45) is 0 Å². The number of thiocarbonyl (C=S) groups is 1. The van der Waals surface area contributed by atoms with Crippen LogP contribution in [-0.2, 0) is 24.1 Å². The SMILES string of the molecule is COC(=O)c1c(NC(=S)Nc2c(C)nn(Cc3cccc(OC)c3)c2C)sc2c1CCCCC2. The van der Waals surface area contributed by atoms with Crippen LogP contribution >= 0.6 is 23.6 Å². The molecule has 0 aliphatic heterocycles. The number of rotatable bonds is 6. The molecule has 0 amide bonds. The van der Waals surface area contributed by atoms with E-state index in [4.69, 9.17) is 26.8 Å². The molecule has 2 aromatic heterocycles. The lowest BCUT2D eigenvalue weighted by Gasteiger charge is -2.12. The van der Waals surface area contributed by atoms with Crippen LogP contribution in [-0.4, -0.2) is 35.1 Å². The Morgan fingerprint density at radius 2 is 1.97 bits per heavy atom. The van der Waals surface area contributed by atoms with E-state index in [-0.39, 0.29) is 5.97 Å². The van der Waals surface area contributed by atoms with Crippen molar-refractivity contribution >= 4 is 45.3 Å². The van der Waals surface area contributed by atoms with Gasteiger partial charge in [-0.2, -0.15) is 5.10 Å². The van der Waals surface area contributed by atoms with Gasteiger partial charge in [0.25, 0.3) is 0 Å². The van der Waals surface area contributed by atoms with Gasteiger partial charge in [0.2, 0.25) is 0 Å². The summed E-state index contributed by atoms with van der Waals surface area (Å²) in [5, 5.41) is 12.4. The van der Waals surface area contributed by atoms with Crippen molar-refractivity contribution in [1.82, 2.24) is 9.78 Å². The summed E-state index contributed by atoms with van der Waals surface area (Å²) >= 11 is 7.24. The molecule has 3 aromatic rings. The van der Waals surface area contributed by atoms with Gasteiger partial charge in [0.1, 0.15) is 10.8 Å². The zero-order valence-corrected chi connectivity index (χ0v) is 21.6. The number of aryl methyl sites for hydroxylation is 2. The van der Waals surface area contributed by atoms with E-state index in [1.807, 2.05) is 42.8 Å². The lowest BCUT2D eigenvalue weighted by molar-refractivity contribution is 0.0601. The van der Waals surface area contributed by atoms with Crippen LogP contribution < -0.4 is 15.4 Å². The van der Waals surface area contributed by atoms with Gasteiger partial charge in [0.05, 0.1) is 43.4 Å². The minimum Gasteiger partial charge on any atom is -0.497 e. The number of aromatic nitrogens is 2. The number of esters is 1. The fourth-order valence-electron chi connectivity index (χ4n) is 4.37. The van der Waals surface area contributed by atoms with Crippen molar-refractivity contribution in [3.05, 3.63) is 57.2 Å². The molecule has 0 bridgehead atoms. The molecule has 1 aromatic carbocycles.